The maximum atomic E-state index is 15.1. The summed E-state index contributed by atoms with van der Waals surface area (Å²) in [5.74, 6) is -1.41. The number of likely N-dealkylation sites (N-methyl/N-ethyl adjacent to an activating group) is 1. The summed E-state index contributed by atoms with van der Waals surface area (Å²) >= 11 is 0. The van der Waals surface area contributed by atoms with E-state index in [0.717, 1.165) is 24.1 Å². The van der Waals surface area contributed by atoms with Crippen LogP contribution in [0.1, 0.15) is 31.5 Å². The highest BCUT2D eigenvalue weighted by Gasteiger charge is 2.53. The van der Waals surface area contributed by atoms with Gasteiger partial charge in [0.1, 0.15) is 11.2 Å². The lowest BCUT2D eigenvalue weighted by atomic mass is 9.88. The van der Waals surface area contributed by atoms with Gasteiger partial charge in [-0.25, -0.2) is 13.8 Å². The van der Waals surface area contributed by atoms with E-state index in [1.165, 1.54) is 24.4 Å². The first-order valence-electron chi connectivity index (χ1n) is 11.8. The van der Waals surface area contributed by atoms with Crippen molar-refractivity contribution in [1.29, 1.82) is 0 Å². The standard InChI is InChI=1S/C24H28F2N6O2/c1-12(32-4-6-34-7-5-32)23(33)31(3)17-9-15-21(19(26)18(17)25)28-22(27-15)20-14-8-13-10-24(13,2)11-16(14)29-30-20/h9,12-13H,4-8,10-11H2,1-3H3,(H,27,28)(H,29,30)/t12-,13+,24+/m0/s1. The molecule has 1 saturated heterocycles. The van der Waals surface area contributed by atoms with Gasteiger partial charge in [0.25, 0.3) is 0 Å². The first-order valence-corrected chi connectivity index (χ1v) is 11.8. The van der Waals surface area contributed by atoms with Gasteiger partial charge in [0, 0.05) is 31.4 Å². The maximum Gasteiger partial charge on any atom is 0.243 e. The van der Waals surface area contributed by atoms with E-state index >= 15 is 8.78 Å². The molecular weight excluding hydrogens is 442 g/mol. The van der Waals surface area contributed by atoms with Gasteiger partial charge in [-0.1, -0.05) is 6.92 Å². The fourth-order valence-corrected chi connectivity index (χ4v) is 5.60. The zero-order valence-corrected chi connectivity index (χ0v) is 19.5. The lowest BCUT2D eigenvalue weighted by Crippen LogP contribution is -2.50. The second-order valence-electron chi connectivity index (χ2n) is 10.2. The van der Waals surface area contributed by atoms with Crippen LogP contribution in [0.5, 0.6) is 0 Å². The Morgan fingerprint density at radius 3 is 2.85 bits per heavy atom. The van der Waals surface area contributed by atoms with E-state index in [4.69, 9.17) is 4.74 Å². The molecule has 3 aromatic rings. The Morgan fingerprint density at radius 1 is 1.32 bits per heavy atom. The van der Waals surface area contributed by atoms with Crippen molar-refractivity contribution < 1.29 is 18.3 Å². The normalized spacial score (nSPS) is 25.1. The number of hydrogen-bond acceptors (Lipinski definition) is 5. The second-order valence-corrected chi connectivity index (χ2v) is 10.2. The topological polar surface area (TPSA) is 90.1 Å². The number of carbonyl (C=O) groups excluding carboxylic acids is 1. The van der Waals surface area contributed by atoms with Crippen molar-refractivity contribution in [3.63, 3.8) is 0 Å². The van der Waals surface area contributed by atoms with E-state index < -0.39 is 17.7 Å². The van der Waals surface area contributed by atoms with Crippen LogP contribution < -0.4 is 4.90 Å². The fraction of sp³-hybridized carbons (Fsp3) is 0.542. The number of aromatic nitrogens is 4. The number of amides is 1. The maximum absolute atomic E-state index is 15.1. The van der Waals surface area contributed by atoms with Crippen molar-refractivity contribution in [3.05, 3.63) is 29.0 Å². The number of carbonyl (C=O) groups is 1. The Balaban J connectivity index is 1.33. The molecule has 1 aromatic carbocycles. The molecule has 2 N–H and O–H groups in total. The monoisotopic (exact) mass is 470 g/mol. The molecule has 1 saturated carbocycles. The molecule has 3 aliphatic rings. The van der Waals surface area contributed by atoms with E-state index in [0.29, 0.717) is 49.2 Å². The number of aromatic amines is 2. The molecule has 10 heteroatoms. The molecule has 0 unspecified atom stereocenters. The minimum atomic E-state index is -1.08. The summed E-state index contributed by atoms with van der Waals surface area (Å²) in [7, 11) is 1.47. The van der Waals surface area contributed by atoms with Gasteiger partial charge < -0.3 is 14.6 Å². The van der Waals surface area contributed by atoms with Crippen molar-refractivity contribution in [2.75, 3.05) is 38.3 Å². The molecular formula is C24H28F2N6O2. The highest BCUT2D eigenvalue weighted by Crippen LogP contribution is 2.59. The number of morpholine rings is 1. The van der Waals surface area contributed by atoms with Gasteiger partial charge in [-0.3, -0.25) is 14.8 Å². The Hall–Kier alpha value is -2.85. The smallest absolute Gasteiger partial charge is 0.243 e. The van der Waals surface area contributed by atoms with E-state index in [9.17, 15) is 4.79 Å². The van der Waals surface area contributed by atoms with Crippen LogP contribution in [-0.4, -0.2) is 70.4 Å². The van der Waals surface area contributed by atoms with Gasteiger partial charge in [-0.15, -0.1) is 0 Å². The molecule has 2 aliphatic carbocycles. The first kappa shape index (κ1) is 21.7. The zero-order chi connectivity index (χ0) is 23.8. The van der Waals surface area contributed by atoms with E-state index in [1.807, 2.05) is 4.90 Å². The number of nitrogens with one attached hydrogen (secondary N) is 2. The molecule has 2 aromatic heterocycles. The number of hydrogen-bond donors (Lipinski definition) is 2. The lowest BCUT2D eigenvalue weighted by Gasteiger charge is -2.33. The molecule has 3 atom stereocenters. The van der Waals surface area contributed by atoms with Crippen molar-refractivity contribution >= 4 is 22.6 Å². The van der Waals surface area contributed by atoms with E-state index in [2.05, 4.69) is 27.1 Å². The minimum absolute atomic E-state index is 0.0258. The van der Waals surface area contributed by atoms with Crippen molar-refractivity contribution in [3.8, 4) is 11.5 Å². The Bertz CT molecular complexity index is 1300. The summed E-state index contributed by atoms with van der Waals surface area (Å²) in [6, 6.07) is 0.944. The number of halogens is 2. The van der Waals surface area contributed by atoms with Gasteiger partial charge in [0.05, 0.1) is 30.5 Å². The Labute approximate surface area is 195 Å². The largest absolute Gasteiger partial charge is 0.379 e. The quantitative estimate of drug-likeness (QED) is 0.612. The molecule has 8 nitrogen and oxygen atoms in total. The van der Waals surface area contributed by atoms with Crippen LogP contribution in [0.4, 0.5) is 14.5 Å². The number of ether oxygens (including phenoxy) is 1. The van der Waals surface area contributed by atoms with Crippen LogP contribution >= 0.6 is 0 Å². The van der Waals surface area contributed by atoms with Gasteiger partial charge in [-0.05, 0) is 43.6 Å². The number of fused-ring (bicyclic) bond motifs is 3. The molecule has 34 heavy (non-hydrogen) atoms. The highest BCUT2D eigenvalue weighted by molar-refractivity contribution is 5.98. The molecule has 0 bridgehead atoms. The number of anilines is 1. The molecule has 0 spiro atoms. The molecule has 1 aliphatic heterocycles. The molecule has 2 fully saturated rings. The average Bonchev–Trinajstić information content (AvgIpc) is 3.13. The number of rotatable bonds is 4. The van der Waals surface area contributed by atoms with Crippen LogP contribution in [0, 0.1) is 23.0 Å². The summed E-state index contributed by atoms with van der Waals surface area (Å²) < 4.78 is 35.6. The Kier molecular flexibility index (Phi) is 4.83. The number of imidazole rings is 1. The van der Waals surface area contributed by atoms with Crippen molar-refractivity contribution in [2.45, 2.75) is 39.2 Å². The predicted octanol–water partition coefficient (Wildman–Crippen LogP) is 3.04. The van der Waals surface area contributed by atoms with Crippen LogP contribution in [0.3, 0.4) is 0 Å². The van der Waals surface area contributed by atoms with Crippen molar-refractivity contribution in [1.82, 2.24) is 25.1 Å². The van der Waals surface area contributed by atoms with Crippen LogP contribution in [0.2, 0.25) is 0 Å². The fourth-order valence-electron chi connectivity index (χ4n) is 5.60. The summed E-state index contributed by atoms with van der Waals surface area (Å²) in [5.41, 5.74) is 3.31. The second kappa shape index (κ2) is 7.58. The third-order valence-corrected chi connectivity index (χ3v) is 8.03. The molecule has 180 valence electrons. The third kappa shape index (κ3) is 3.26. The predicted molar refractivity (Wildman–Crippen MR) is 122 cm³/mol. The lowest BCUT2D eigenvalue weighted by molar-refractivity contribution is -0.124. The first-order chi connectivity index (χ1) is 16.3. The number of benzene rings is 1. The molecule has 6 rings (SSSR count). The summed E-state index contributed by atoms with van der Waals surface area (Å²) in [6.45, 7) is 6.39. The summed E-state index contributed by atoms with van der Waals surface area (Å²) in [6.07, 6.45) is 3.05. The molecule has 1 amide bonds. The highest BCUT2D eigenvalue weighted by atomic mass is 19.2. The third-order valence-electron chi connectivity index (χ3n) is 8.03. The summed E-state index contributed by atoms with van der Waals surface area (Å²) in [4.78, 5) is 23.7. The van der Waals surface area contributed by atoms with Crippen LogP contribution in [-0.2, 0) is 22.4 Å². The van der Waals surface area contributed by atoms with Gasteiger partial charge in [0.15, 0.2) is 17.5 Å². The number of nitrogens with zero attached hydrogens (tertiary/aromatic N) is 4. The van der Waals surface area contributed by atoms with Crippen LogP contribution in [0.15, 0.2) is 6.07 Å². The summed E-state index contributed by atoms with van der Waals surface area (Å²) in [5, 5.41) is 7.57. The number of H-pyrrole nitrogens is 2. The van der Waals surface area contributed by atoms with Gasteiger partial charge in [-0.2, -0.15) is 5.10 Å². The SMILES string of the molecule is C[C@@H](C(=O)N(C)c1cc2nc(-c3n[nH]c4c3C[C@@H]3C[C@]3(C)C4)[nH]c2c(F)c1F)N1CCOCC1. The minimum Gasteiger partial charge on any atom is -0.379 e. The van der Waals surface area contributed by atoms with E-state index in [-0.39, 0.29) is 22.6 Å². The molecule has 3 heterocycles. The van der Waals surface area contributed by atoms with Gasteiger partial charge >= 0.3 is 0 Å². The van der Waals surface area contributed by atoms with Crippen molar-refractivity contribution in [2.24, 2.45) is 11.3 Å². The Morgan fingerprint density at radius 2 is 2.09 bits per heavy atom. The van der Waals surface area contributed by atoms with E-state index in [1.54, 1.807) is 6.92 Å². The zero-order valence-electron chi connectivity index (χ0n) is 19.5. The molecule has 0 radical (unpaired) electrons. The van der Waals surface area contributed by atoms with Gasteiger partial charge in [0.2, 0.25) is 5.91 Å². The van der Waals surface area contributed by atoms with Crippen LogP contribution in [0.25, 0.3) is 22.6 Å². The average molecular weight is 471 g/mol.